The van der Waals surface area contributed by atoms with E-state index in [0.29, 0.717) is 0 Å². The Labute approximate surface area is 354 Å². The van der Waals surface area contributed by atoms with Crippen LogP contribution < -0.4 is 29.4 Å². The van der Waals surface area contributed by atoms with Crippen molar-refractivity contribution in [1.29, 1.82) is 0 Å². The molecule has 0 saturated heterocycles. The van der Waals surface area contributed by atoms with E-state index in [1.54, 1.807) is 24.9 Å². The van der Waals surface area contributed by atoms with E-state index < -0.39 is 0 Å². The third-order valence-corrected chi connectivity index (χ3v) is 11.5. The number of aromatic nitrogens is 9. The van der Waals surface area contributed by atoms with E-state index in [1.165, 1.54) is 51.6 Å². The fourth-order valence-electron chi connectivity index (χ4n) is 7.91. The van der Waals surface area contributed by atoms with E-state index in [4.69, 9.17) is 0 Å². The van der Waals surface area contributed by atoms with Gasteiger partial charge in [-0.25, -0.2) is 15.0 Å². The van der Waals surface area contributed by atoms with Crippen molar-refractivity contribution >= 4 is 34.4 Å². The van der Waals surface area contributed by atoms with Crippen LogP contribution in [0.15, 0.2) is 92.4 Å². The number of hydrogen-bond acceptors (Lipinski definition) is 15. The van der Waals surface area contributed by atoms with Gasteiger partial charge in [0.25, 0.3) is 0 Å². The van der Waals surface area contributed by atoms with Crippen LogP contribution in [0.1, 0.15) is 33.8 Å². The van der Waals surface area contributed by atoms with E-state index in [9.17, 15) is 0 Å². The molecule has 6 aromatic rings. The Bertz CT molecular complexity index is 1890. The standard InChI is InChI=1S/3C8H10N2.3C7H9N3/c1-10-5-3-7-6-9-4-2-8(7)10;1-10-5-3-7-2-4-9-6-8(7)10;1-10-6-4-7-8(10)3-2-5-9-7;1-10-5-2-6-7(10)9-4-3-8-6;1-10-5-3-6-7(10)2-4-8-9-6;1-10-3-2-6-4-8-5-9-7(6)10/h2*2,4,6H,3,5H2,1H3;2-3,5H,4,6H2,1H3;3-4H,2,5H2,1H3;2,4H,3,5H2,1H3;4-5H,2-3H2,1H3. The Morgan fingerprint density at radius 1 is 0.383 bits per heavy atom. The number of pyridine rings is 3. The topological polar surface area (TPSA) is 135 Å². The molecule has 15 nitrogen and oxygen atoms in total. The molecule has 0 aliphatic carbocycles. The van der Waals surface area contributed by atoms with Gasteiger partial charge in [-0.15, -0.1) is 0 Å². The summed E-state index contributed by atoms with van der Waals surface area (Å²) >= 11 is 0. The predicted octanol–water partition coefficient (Wildman–Crippen LogP) is 4.63. The van der Waals surface area contributed by atoms with Crippen LogP contribution >= 0.6 is 0 Å². The summed E-state index contributed by atoms with van der Waals surface area (Å²) < 4.78 is 0. The predicted molar refractivity (Wildman–Crippen MR) is 241 cm³/mol. The molecule has 15 heteroatoms. The minimum absolute atomic E-state index is 1.04. The van der Waals surface area contributed by atoms with Gasteiger partial charge >= 0.3 is 0 Å². The van der Waals surface area contributed by atoms with Crippen LogP contribution in [0.2, 0.25) is 0 Å². The minimum atomic E-state index is 1.04. The highest BCUT2D eigenvalue weighted by atomic mass is 15.2. The quantitative estimate of drug-likeness (QED) is 0.211. The van der Waals surface area contributed by atoms with Crippen molar-refractivity contribution in [3.63, 3.8) is 0 Å². The third-order valence-electron chi connectivity index (χ3n) is 11.5. The highest BCUT2D eigenvalue weighted by Crippen LogP contribution is 2.26. The summed E-state index contributed by atoms with van der Waals surface area (Å²) in [6.07, 6.45) is 24.8. The molecule has 60 heavy (non-hydrogen) atoms. The van der Waals surface area contributed by atoms with Crippen molar-refractivity contribution in [2.24, 2.45) is 0 Å². The van der Waals surface area contributed by atoms with Crippen LogP contribution in [0.4, 0.5) is 34.4 Å². The van der Waals surface area contributed by atoms with Gasteiger partial charge in [0.1, 0.15) is 18.0 Å². The molecule has 6 aliphatic heterocycles. The number of fused-ring (bicyclic) bond motifs is 6. The lowest BCUT2D eigenvalue weighted by Crippen LogP contribution is -2.13. The molecule has 0 atom stereocenters. The minimum Gasteiger partial charge on any atom is -0.374 e. The third kappa shape index (κ3) is 10.2. The second-order valence-corrected chi connectivity index (χ2v) is 15.6. The Hall–Kier alpha value is -6.51. The van der Waals surface area contributed by atoms with Gasteiger partial charge in [-0.05, 0) is 60.7 Å². The molecule has 12 heterocycles. The van der Waals surface area contributed by atoms with Crippen LogP contribution in [0, 0.1) is 0 Å². The zero-order valence-electron chi connectivity index (χ0n) is 35.9. The van der Waals surface area contributed by atoms with Crippen LogP contribution in [0.5, 0.6) is 0 Å². The van der Waals surface area contributed by atoms with E-state index in [-0.39, 0.29) is 0 Å². The lowest BCUT2D eigenvalue weighted by Gasteiger charge is -2.09. The molecule has 0 radical (unpaired) electrons. The van der Waals surface area contributed by atoms with Crippen molar-refractivity contribution in [2.75, 3.05) is 111 Å². The van der Waals surface area contributed by atoms with Crippen molar-refractivity contribution in [2.45, 2.75) is 38.5 Å². The van der Waals surface area contributed by atoms with Gasteiger partial charge in [0.2, 0.25) is 0 Å². The second kappa shape index (κ2) is 20.0. The second-order valence-electron chi connectivity index (χ2n) is 15.6. The molecule has 0 unspecified atom stereocenters. The first-order chi connectivity index (χ1) is 29.3. The highest BCUT2D eigenvalue weighted by Gasteiger charge is 2.19. The summed E-state index contributed by atoms with van der Waals surface area (Å²) in [5, 5.41) is 7.83. The van der Waals surface area contributed by atoms with E-state index in [0.717, 1.165) is 94.4 Å². The number of nitrogens with zero attached hydrogens (tertiary/aromatic N) is 15. The van der Waals surface area contributed by atoms with E-state index in [1.807, 2.05) is 56.4 Å². The molecule has 6 aromatic heterocycles. The fraction of sp³-hybridized carbons (Fsp3) is 0.400. The monoisotopic (exact) mass is 807 g/mol. The van der Waals surface area contributed by atoms with Crippen LogP contribution in [-0.2, 0) is 38.5 Å². The normalized spacial score (nSPS) is 15.5. The van der Waals surface area contributed by atoms with Gasteiger partial charge in [0.05, 0.1) is 46.5 Å². The zero-order valence-corrected chi connectivity index (χ0v) is 35.9. The van der Waals surface area contributed by atoms with Crippen molar-refractivity contribution in [3.05, 3.63) is 126 Å². The first kappa shape index (κ1) is 41.6. The molecule has 0 bridgehead atoms. The summed E-state index contributed by atoms with van der Waals surface area (Å²) in [6, 6.07) is 10.3. The number of rotatable bonds is 0. The van der Waals surface area contributed by atoms with E-state index in [2.05, 4.69) is 128 Å². The maximum atomic E-state index is 4.27. The summed E-state index contributed by atoms with van der Waals surface area (Å²) in [4.78, 5) is 42.1. The maximum Gasteiger partial charge on any atom is 0.150 e. The molecular formula is C45H57N15. The van der Waals surface area contributed by atoms with Gasteiger partial charge in [0.15, 0.2) is 0 Å². The largest absolute Gasteiger partial charge is 0.374 e. The number of likely N-dealkylation sites (N-methyl/N-ethyl adjacent to an activating group) is 6. The van der Waals surface area contributed by atoms with Crippen LogP contribution in [0.25, 0.3) is 0 Å². The van der Waals surface area contributed by atoms with Crippen LogP contribution in [-0.4, -0.2) is 127 Å². The molecule has 0 spiro atoms. The highest BCUT2D eigenvalue weighted by molar-refractivity contribution is 5.57. The summed E-state index contributed by atoms with van der Waals surface area (Å²) in [5.41, 5.74) is 12.7. The van der Waals surface area contributed by atoms with E-state index >= 15 is 0 Å². The fourth-order valence-corrected chi connectivity index (χ4v) is 7.91. The molecule has 0 fully saturated rings. The zero-order chi connectivity index (χ0) is 41.8. The van der Waals surface area contributed by atoms with Gasteiger partial charge in [-0.1, -0.05) is 0 Å². The Kier molecular flexibility index (Phi) is 13.9. The molecule has 0 N–H and O–H groups in total. The van der Waals surface area contributed by atoms with Gasteiger partial charge in [-0.2, -0.15) is 10.2 Å². The lowest BCUT2D eigenvalue weighted by molar-refractivity contribution is 0.915. The summed E-state index contributed by atoms with van der Waals surface area (Å²) in [6.45, 7) is 6.61. The average Bonchev–Trinajstić information content (AvgIpc) is 4.18. The van der Waals surface area contributed by atoms with Gasteiger partial charge < -0.3 is 29.4 Å². The average molecular weight is 808 g/mol. The summed E-state index contributed by atoms with van der Waals surface area (Å²) in [7, 11) is 12.5. The lowest BCUT2D eigenvalue weighted by atomic mass is 10.2. The van der Waals surface area contributed by atoms with Crippen molar-refractivity contribution in [1.82, 2.24) is 45.1 Å². The molecule has 0 amide bonds. The number of hydrogen-bond donors (Lipinski definition) is 0. The first-order valence-corrected chi connectivity index (χ1v) is 20.7. The van der Waals surface area contributed by atoms with Crippen molar-refractivity contribution < 1.29 is 0 Å². The van der Waals surface area contributed by atoms with Gasteiger partial charge in [-0.3, -0.25) is 19.9 Å². The smallest absolute Gasteiger partial charge is 0.150 e. The SMILES string of the molecule is CN1CCc2ccncc21.CN1CCc2cnccc21.CN1CCc2cncnc21.CN1CCc2ncccc21.CN1CCc2nccnc21.CN1CCc2nnccc21. The molecule has 12 rings (SSSR count). The molecule has 312 valence electrons. The Morgan fingerprint density at radius 2 is 0.950 bits per heavy atom. The first-order valence-electron chi connectivity index (χ1n) is 20.7. The molecule has 0 saturated carbocycles. The van der Waals surface area contributed by atoms with Gasteiger partial charge in [0, 0.05) is 155 Å². The van der Waals surface area contributed by atoms with Crippen molar-refractivity contribution in [3.8, 4) is 0 Å². The molecule has 6 aliphatic rings. The Morgan fingerprint density at radius 3 is 1.70 bits per heavy atom. The van der Waals surface area contributed by atoms with Crippen LogP contribution in [0.3, 0.4) is 0 Å². The Balaban J connectivity index is 0.000000109. The summed E-state index contributed by atoms with van der Waals surface area (Å²) in [5.74, 6) is 2.14. The molecular weight excluding hydrogens is 751 g/mol. The number of anilines is 6. The molecule has 0 aromatic carbocycles. The maximum absolute atomic E-state index is 4.27.